The number of nitrogens with two attached hydrogens (primary N) is 1. The van der Waals surface area contributed by atoms with Crippen LogP contribution in [0.3, 0.4) is 0 Å². The Hall–Kier alpha value is -1.40. The van der Waals surface area contributed by atoms with Crippen LogP contribution in [-0.2, 0) is 4.74 Å². The Labute approximate surface area is 126 Å². The normalized spacial score (nSPS) is 23.3. The predicted octanol–water partition coefficient (Wildman–Crippen LogP) is 1.46. The van der Waals surface area contributed by atoms with Crippen molar-refractivity contribution < 1.29 is 4.74 Å². The summed E-state index contributed by atoms with van der Waals surface area (Å²) in [6, 6.07) is 2.02. The van der Waals surface area contributed by atoms with Crippen molar-refractivity contribution in [2.45, 2.75) is 31.6 Å². The van der Waals surface area contributed by atoms with Crippen molar-refractivity contribution in [2.75, 3.05) is 50.4 Å². The van der Waals surface area contributed by atoms with Gasteiger partial charge in [0.15, 0.2) is 0 Å². The predicted molar refractivity (Wildman–Crippen MR) is 83.4 cm³/mol. The van der Waals surface area contributed by atoms with E-state index in [0.717, 1.165) is 44.2 Å². The summed E-state index contributed by atoms with van der Waals surface area (Å²) < 4.78 is 5.42. The summed E-state index contributed by atoms with van der Waals surface area (Å²) in [6.45, 7) is 5.95. The molecule has 0 radical (unpaired) electrons. The lowest BCUT2D eigenvalue weighted by Gasteiger charge is -2.26. The second-order valence-electron chi connectivity index (χ2n) is 5.93. The molecule has 1 atom stereocenters. The number of rotatable bonds is 5. The van der Waals surface area contributed by atoms with E-state index in [-0.39, 0.29) is 0 Å². The van der Waals surface area contributed by atoms with Gasteiger partial charge in [0.25, 0.3) is 0 Å². The first-order chi connectivity index (χ1) is 10.3. The van der Waals surface area contributed by atoms with Gasteiger partial charge >= 0.3 is 0 Å². The van der Waals surface area contributed by atoms with Gasteiger partial charge in [0.1, 0.15) is 5.82 Å². The maximum absolute atomic E-state index is 5.83. The molecule has 2 saturated heterocycles. The van der Waals surface area contributed by atoms with E-state index in [9.17, 15) is 0 Å². The molecule has 3 N–H and O–H groups in total. The van der Waals surface area contributed by atoms with Gasteiger partial charge in [-0.15, -0.1) is 0 Å². The van der Waals surface area contributed by atoms with Gasteiger partial charge in [-0.1, -0.05) is 6.42 Å². The number of hydrogen-bond donors (Lipinski definition) is 2. The van der Waals surface area contributed by atoms with Gasteiger partial charge in [0.05, 0.1) is 12.3 Å². The van der Waals surface area contributed by atoms with Gasteiger partial charge < -0.3 is 20.7 Å². The van der Waals surface area contributed by atoms with E-state index in [1.807, 2.05) is 6.07 Å². The first kappa shape index (κ1) is 14.5. The lowest BCUT2D eigenvalue weighted by molar-refractivity contribution is 0.193. The van der Waals surface area contributed by atoms with Crippen molar-refractivity contribution in [3.05, 3.63) is 11.8 Å². The monoisotopic (exact) mass is 291 g/mol. The number of nitrogen functional groups attached to an aromatic ring is 1. The zero-order valence-electron chi connectivity index (χ0n) is 12.6. The largest absolute Gasteiger partial charge is 0.381 e. The van der Waals surface area contributed by atoms with Gasteiger partial charge in [0, 0.05) is 31.7 Å². The molecular weight excluding hydrogens is 266 g/mol. The van der Waals surface area contributed by atoms with Crippen LogP contribution < -0.4 is 11.1 Å². The number of anilines is 2. The number of hydrogen-bond acceptors (Lipinski definition) is 6. The van der Waals surface area contributed by atoms with Crippen molar-refractivity contribution in [2.24, 2.45) is 0 Å². The molecule has 2 aliphatic rings. The Morgan fingerprint density at radius 1 is 1.29 bits per heavy atom. The lowest BCUT2D eigenvalue weighted by atomic mass is 10.0. The zero-order chi connectivity index (χ0) is 14.5. The minimum absolute atomic E-state index is 0.347. The van der Waals surface area contributed by atoms with E-state index >= 15 is 0 Å². The molecule has 116 valence electrons. The third-order valence-electron chi connectivity index (χ3n) is 4.29. The van der Waals surface area contributed by atoms with Gasteiger partial charge in [-0.25, -0.2) is 4.98 Å². The third-order valence-corrected chi connectivity index (χ3v) is 4.29. The Bertz CT molecular complexity index is 455. The average molecular weight is 291 g/mol. The Kier molecular flexibility index (Phi) is 4.87. The van der Waals surface area contributed by atoms with Gasteiger partial charge in [-0.05, 0) is 32.4 Å². The number of aromatic nitrogens is 2. The highest BCUT2D eigenvalue weighted by Crippen LogP contribution is 2.25. The summed E-state index contributed by atoms with van der Waals surface area (Å²) in [5, 5.41) is 3.38. The van der Waals surface area contributed by atoms with Gasteiger partial charge in [0.2, 0.25) is 5.95 Å². The highest BCUT2D eigenvalue weighted by atomic mass is 16.5. The molecule has 6 heteroatoms. The highest BCUT2D eigenvalue weighted by molar-refractivity contribution is 5.41. The highest BCUT2D eigenvalue weighted by Gasteiger charge is 2.20. The smallest absolute Gasteiger partial charge is 0.222 e. The van der Waals surface area contributed by atoms with E-state index in [0.29, 0.717) is 11.9 Å². The summed E-state index contributed by atoms with van der Waals surface area (Å²) in [4.78, 5) is 11.1. The molecule has 0 spiro atoms. The van der Waals surface area contributed by atoms with Crippen molar-refractivity contribution in [3.8, 4) is 0 Å². The van der Waals surface area contributed by atoms with Crippen molar-refractivity contribution >= 4 is 11.8 Å². The molecule has 2 fully saturated rings. The SMILES string of the molecule is Nc1nc(NCCN2CCCCC2)cc([C@@H]2CCOC2)n1. The van der Waals surface area contributed by atoms with E-state index in [1.54, 1.807) is 0 Å². The van der Waals surface area contributed by atoms with E-state index in [2.05, 4.69) is 20.2 Å². The number of nitrogens with zero attached hydrogens (tertiary/aromatic N) is 3. The molecule has 0 aromatic carbocycles. The molecule has 0 unspecified atom stereocenters. The summed E-state index contributed by atoms with van der Waals surface area (Å²) in [6.07, 6.45) is 5.04. The topological polar surface area (TPSA) is 76.3 Å². The van der Waals surface area contributed by atoms with Crippen LogP contribution in [0.15, 0.2) is 6.07 Å². The van der Waals surface area contributed by atoms with Crippen LogP contribution in [0.1, 0.15) is 37.3 Å². The first-order valence-electron chi connectivity index (χ1n) is 8.00. The molecular formula is C15H25N5O. The van der Waals surface area contributed by atoms with Crippen LogP contribution in [-0.4, -0.2) is 54.3 Å². The fraction of sp³-hybridized carbons (Fsp3) is 0.733. The minimum Gasteiger partial charge on any atom is -0.381 e. The fourth-order valence-corrected chi connectivity index (χ4v) is 3.08. The standard InChI is InChI=1S/C15H25N5O/c16-15-18-13(12-4-9-21-11-12)10-14(19-15)17-5-8-20-6-2-1-3-7-20/h10,12H,1-9,11H2,(H3,16,17,18,19)/t12-/m1/s1. The molecule has 0 bridgehead atoms. The molecule has 6 nitrogen and oxygen atoms in total. The number of ether oxygens (including phenoxy) is 1. The summed E-state index contributed by atoms with van der Waals surface area (Å²) in [7, 11) is 0. The molecule has 0 aliphatic carbocycles. The fourth-order valence-electron chi connectivity index (χ4n) is 3.08. The minimum atomic E-state index is 0.347. The van der Waals surface area contributed by atoms with Gasteiger partial charge in [-0.2, -0.15) is 4.98 Å². The van der Waals surface area contributed by atoms with E-state index in [1.165, 1.54) is 32.4 Å². The molecule has 21 heavy (non-hydrogen) atoms. The third kappa shape index (κ3) is 4.04. The van der Waals surface area contributed by atoms with Crippen molar-refractivity contribution in [1.82, 2.24) is 14.9 Å². The summed E-state index contributed by atoms with van der Waals surface area (Å²) >= 11 is 0. The average Bonchev–Trinajstić information content (AvgIpc) is 3.02. The second-order valence-corrected chi connectivity index (χ2v) is 5.93. The van der Waals surface area contributed by atoms with E-state index < -0.39 is 0 Å². The number of piperidine rings is 1. The van der Waals surface area contributed by atoms with Crippen LogP contribution in [0.4, 0.5) is 11.8 Å². The number of likely N-dealkylation sites (tertiary alicyclic amines) is 1. The maximum Gasteiger partial charge on any atom is 0.222 e. The molecule has 1 aromatic rings. The molecule has 2 aliphatic heterocycles. The lowest BCUT2D eigenvalue weighted by Crippen LogP contribution is -2.33. The quantitative estimate of drug-likeness (QED) is 0.855. The maximum atomic E-state index is 5.83. The van der Waals surface area contributed by atoms with Crippen LogP contribution in [0.2, 0.25) is 0 Å². The molecule has 0 amide bonds. The molecule has 0 saturated carbocycles. The Morgan fingerprint density at radius 3 is 2.90 bits per heavy atom. The summed E-state index contributed by atoms with van der Waals surface area (Å²) in [5.74, 6) is 1.54. The van der Waals surface area contributed by atoms with Gasteiger partial charge in [-0.3, -0.25) is 0 Å². The Morgan fingerprint density at radius 2 is 2.14 bits per heavy atom. The Balaban J connectivity index is 1.54. The second kappa shape index (κ2) is 7.04. The molecule has 3 heterocycles. The van der Waals surface area contributed by atoms with Crippen molar-refractivity contribution in [3.63, 3.8) is 0 Å². The van der Waals surface area contributed by atoms with Crippen LogP contribution in [0.25, 0.3) is 0 Å². The summed E-state index contributed by atoms with van der Waals surface area (Å²) in [5.41, 5.74) is 6.83. The van der Waals surface area contributed by atoms with Crippen molar-refractivity contribution in [1.29, 1.82) is 0 Å². The zero-order valence-corrected chi connectivity index (χ0v) is 12.6. The van der Waals surface area contributed by atoms with Crippen LogP contribution >= 0.6 is 0 Å². The first-order valence-corrected chi connectivity index (χ1v) is 8.00. The molecule has 1 aromatic heterocycles. The van der Waals surface area contributed by atoms with Crippen LogP contribution in [0, 0.1) is 0 Å². The molecule has 3 rings (SSSR count). The number of nitrogens with one attached hydrogen (secondary N) is 1. The van der Waals surface area contributed by atoms with E-state index in [4.69, 9.17) is 10.5 Å². The van der Waals surface area contributed by atoms with Crippen LogP contribution in [0.5, 0.6) is 0 Å².